The Balaban J connectivity index is 2.12. The van der Waals surface area contributed by atoms with Crippen molar-refractivity contribution in [2.45, 2.75) is 23.3 Å². The van der Waals surface area contributed by atoms with Gasteiger partial charge >= 0.3 is 0 Å². The van der Waals surface area contributed by atoms with Crippen molar-refractivity contribution in [2.24, 2.45) is 0 Å². The van der Waals surface area contributed by atoms with Crippen LogP contribution in [0.2, 0.25) is 0 Å². The smallest absolute Gasteiger partial charge is 0.178 e. The molecule has 0 aliphatic carbocycles. The Bertz CT molecular complexity index is 332. The Hall–Kier alpha value is -0.740. The first kappa shape index (κ1) is 9.80. The minimum atomic E-state index is -0.540. The standard InChI is InChI=1S/C10H12FNOS/c11-5-1-2-7-3-4-8-9(6-7)14-10(13)12-8/h3-4,6,10,12-13H,1-2,5H2. The van der Waals surface area contributed by atoms with E-state index in [1.807, 2.05) is 18.2 Å². The van der Waals surface area contributed by atoms with Gasteiger partial charge in [-0.3, -0.25) is 4.39 Å². The van der Waals surface area contributed by atoms with Crippen molar-refractivity contribution >= 4 is 17.4 Å². The molecule has 4 heteroatoms. The van der Waals surface area contributed by atoms with Crippen LogP contribution in [0.1, 0.15) is 12.0 Å². The summed E-state index contributed by atoms with van der Waals surface area (Å²) >= 11 is 1.39. The molecule has 14 heavy (non-hydrogen) atoms. The average molecular weight is 213 g/mol. The van der Waals surface area contributed by atoms with Gasteiger partial charge in [0.15, 0.2) is 5.56 Å². The van der Waals surface area contributed by atoms with Crippen LogP contribution in [0.4, 0.5) is 10.1 Å². The number of fused-ring (bicyclic) bond motifs is 1. The summed E-state index contributed by atoms with van der Waals surface area (Å²) in [5, 5.41) is 12.2. The molecule has 76 valence electrons. The molecular weight excluding hydrogens is 201 g/mol. The number of nitrogens with one attached hydrogen (secondary N) is 1. The summed E-state index contributed by atoms with van der Waals surface area (Å²) in [6.07, 6.45) is 1.33. The largest absolute Gasteiger partial charge is 0.364 e. The Kier molecular flexibility index (Phi) is 2.93. The number of halogens is 1. The van der Waals surface area contributed by atoms with Crippen molar-refractivity contribution < 1.29 is 9.50 Å². The lowest BCUT2D eigenvalue weighted by Crippen LogP contribution is -2.06. The van der Waals surface area contributed by atoms with Gasteiger partial charge in [-0.1, -0.05) is 17.8 Å². The van der Waals surface area contributed by atoms with Crippen LogP contribution in [-0.4, -0.2) is 17.3 Å². The van der Waals surface area contributed by atoms with E-state index in [0.29, 0.717) is 6.42 Å². The highest BCUT2D eigenvalue weighted by molar-refractivity contribution is 8.00. The summed E-state index contributed by atoms with van der Waals surface area (Å²) in [4.78, 5) is 1.05. The van der Waals surface area contributed by atoms with Crippen molar-refractivity contribution in [3.8, 4) is 0 Å². The van der Waals surface area contributed by atoms with E-state index in [1.165, 1.54) is 11.8 Å². The van der Waals surface area contributed by atoms with Crippen molar-refractivity contribution in [2.75, 3.05) is 12.0 Å². The predicted molar refractivity (Wildman–Crippen MR) is 56.2 cm³/mol. The van der Waals surface area contributed by atoms with Gasteiger partial charge in [0.2, 0.25) is 0 Å². The third kappa shape index (κ3) is 2.01. The van der Waals surface area contributed by atoms with Gasteiger partial charge in [-0.15, -0.1) is 0 Å². The Morgan fingerprint density at radius 1 is 1.50 bits per heavy atom. The molecule has 0 fully saturated rings. The first-order valence-corrected chi connectivity index (χ1v) is 5.48. The van der Waals surface area contributed by atoms with Crippen molar-refractivity contribution in [3.05, 3.63) is 23.8 Å². The molecule has 1 aliphatic rings. The monoisotopic (exact) mass is 213 g/mol. The van der Waals surface area contributed by atoms with Gasteiger partial charge in [0.1, 0.15) is 0 Å². The summed E-state index contributed by atoms with van der Waals surface area (Å²) in [6.45, 7) is -0.273. The molecule has 0 amide bonds. The van der Waals surface area contributed by atoms with Gasteiger partial charge < -0.3 is 10.4 Å². The fourth-order valence-electron chi connectivity index (χ4n) is 1.49. The van der Waals surface area contributed by atoms with Gasteiger partial charge in [-0.25, -0.2) is 0 Å². The maximum Gasteiger partial charge on any atom is 0.178 e. The van der Waals surface area contributed by atoms with Gasteiger partial charge in [0, 0.05) is 4.90 Å². The average Bonchev–Trinajstić information content (AvgIpc) is 2.54. The lowest BCUT2D eigenvalue weighted by atomic mass is 10.1. The van der Waals surface area contributed by atoms with Crippen molar-refractivity contribution in [1.29, 1.82) is 0 Å². The second-order valence-corrected chi connectivity index (χ2v) is 4.36. The fraction of sp³-hybridized carbons (Fsp3) is 0.400. The lowest BCUT2D eigenvalue weighted by Gasteiger charge is -2.02. The molecule has 1 aromatic rings. The van der Waals surface area contributed by atoms with Gasteiger partial charge in [-0.05, 0) is 30.5 Å². The van der Waals surface area contributed by atoms with Crippen LogP contribution in [0.25, 0.3) is 0 Å². The maximum atomic E-state index is 12.0. The molecule has 0 saturated heterocycles. The molecule has 0 radical (unpaired) electrons. The predicted octanol–water partition coefficient (Wildman–Crippen LogP) is 2.38. The number of aliphatic hydroxyl groups excluding tert-OH is 1. The van der Waals surface area contributed by atoms with E-state index in [0.717, 1.165) is 22.6 Å². The van der Waals surface area contributed by atoms with E-state index in [1.54, 1.807) is 0 Å². The molecule has 0 bridgehead atoms. The number of rotatable bonds is 3. The van der Waals surface area contributed by atoms with E-state index in [2.05, 4.69) is 5.32 Å². The number of thioether (sulfide) groups is 1. The molecule has 1 heterocycles. The Morgan fingerprint density at radius 3 is 3.14 bits per heavy atom. The zero-order valence-corrected chi connectivity index (χ0v) is 8.48. The van der Waals surface area contributed by atoms with Crippen molar-refractivity contribution in [3.63, 3.8) is 0 Å². The van der Waals surface area contributed by atoms with Crippen LogP contribution < -0.4 is 5.32 Å². The topological polar surface area (TPSA) is 32.3 Å². The van der Waals surface area contributed by atoms with Crippen LogP contribution in [0, 0.1) is 0 Å². The Morgan fingerprint density at radius 2 is 2.36 bits per heavy atom. The number of aliphatic hydroxyl groups is 1. The SMILES string of the molecule is OC1Nc2ccc(CCCF)cc2S1. The number of hydrogen-bond acceptors (Lipinski definition) is 3. The molecule has 1 aliphatic heterocycles. The summed E-state index contributed by atoms with van der Waals surface area (Å²) in [6, 6.07) is 5.92. The summed E-state index contributed by atoms with van der Waals surface area (Å²) in [7, 11) is 0. The summed E-state index contributed by atoms with van der Waals surface area (Å²) in [5.41, 5.74) is 1.55. The number of anilines is 1. The number of benzene rings is 1. The fourth-order valence-corrected chi connectivity index (χ4v) is 2.39. The molecule has 0 saturated carbocycles. The molecule has 2 rings (SSSR count). The van der Waals surface area contributed by atoms with E-state index < -0.39 is 5.56 Å². The van der Waals surface area contributed by atoms with Gasteiger partial charge in [0.05, 0.1) is 12.4 Å². The van der Waals surface area contributed by atoms with Crippen LogP contribution in [0.3, 0.4) is 0 Å². The molecule has 0 spiro atoms. The van der Waals surface area contributed by atoms with Crippen LogP contribution in [0.5, 0.6) is 0 Å². The molecule has 0 aromatic heterocycles. The molecule has 2 nitrogen and oxygen atoms in total. The van der Waals surface area contributed by atoms with E-state index in [4.69, 9.17) is 0 Å². The van der Waals surface area contributed by atoms with Crippen molar-refractivity contribution in [1.82, 2.24) is 0 Å². The van der Waals surface area contributed by atoms with Gasteiger partial charge in [0.25, 0.3) is 0 Å². The molecular formula is C10H12FNOS. The van der Waals surface area contributed by atoms with E-state index in [9.17, 15) is 9.50 Å². The van der Waals surface area contributed by atoms with Gasteiger partial charge in [-0.2, -0.15) is 0 Å². The molecule has 1 aromatic carbocycles. The third-order valence-corrected chi connectivity index (χ3v) is 3.10. The zero-order chi connectivity index (χ0) is 9.97. The number of hydrogen-bond donors (Lipinski definition) is 2. The van der Waals surface area contributed by atoms with E-state index >= 15 is 0 Å². The Labute approximate surface area is 86.5 Å². The molecule has 1 unspecified atom stereocenters. The minimum Gasteiger partial charge on any atom is -0.364 e. The second kappa shape index (κ2) is 4.19. The van der Waals surface area contributed by atoms with Crippen LogP contribution >= 0.6 is 11.8 Å². The highest BCUT2D eigenvalue weighted by atomic mass is 32.2. The minimum absolute atomic E-state index is 0.273. The van der Waals surface area contributed by atoms with Crippen LogP contribution in [-0.2, 0) is 6.42 Å². The van der Waals surface area contributed by atoms with Crippen LogP contribution in [0.15, 0.2) is 23.1 Å². The van der Waals surface area contributed by atoms with E-state index in [-0.39, 0.29) is 6.67 Å². The summed E-state index contributed by atoms with van der Waals surface area (Å²) < 4.78 is 12.0. The second-order valence-electron chi connectivity index (χ2n) is 3.24. The highest BCUT2D eigenvalue weighted by Gasteiger charge is 2.18. The number of aryl methyl sites for hydroxylation is 1. The number of alkyl halides is 1. The highest BCUT2D eigenvalue weighted by Crippen LogP contribution is 2.37. The summed E-state index contributed by atoms with van der Waals surface area (Å²) in [5.74, 6) is 0. The zero-order valence-electron chi connectivity index (χ0n) is 7.66. The maximum absolute atomic E-state index is 12.0. The quantitative estimate of drug-likeness (QED) is 0.808. The molecule has 1 atom stereocenters. The lowest BCUT2D eigenvalue weighted by molar-refractivity contribution is 0.294. The first-order chi connectivity index (χ1) is 6.79. The first-order valence-electron chi connectivity index (χ1n) is 4.60. The third-order valence-electron chi connectivity index (χ3n) is 2.16. The normalized spacial score (nSPS) is 19.1. The molecule has 2 N–H and O–H groups in total.